The van der Waals surface area contributed by atoms with Crippen LogP contribution in [0.4, 0.5) is 0 Å². The van der Waals surface area contributed by atoms with Crippen LogP contribution in [0.25, 0.3) is 0 Å². The van der Waals surface area contributed by atoms with Gasteiger partial charge >= 0.3 is 11.9 Å². The number of nitrogens with zero attached hydrogens (tertiary/aromatic N) is 2. The van der Waals surface area contributed by atoms with Gasteiger partial charge in [-0.25, -0.2) is 14.6 Å². The number of hydrogen-bond donors (Lipinski definition) is 1. The van der Waals surface area contributed by atoms with E-state index in [9.17, 15) is 9.59 Å². The third-order valence-corrected chi connectivity index (χ3v) is 1.86. The fraction of sp³-hybridized carbons (Fsp3) is 0.333. The zero-order chi connectivity index (χ0) is 10.8. The molecule has 1 aliphatic rings. The maximum atomic E-state index is 11.4. The number of carbonyl (C=O) groups excluding carboxylic acids is 1. The molecule has 2 rings (SSSR count). The van der Waals surface area contributed by atoms with E-state index in [1.807, 2.05) is 0 Å². The van der Waals surface area contributed by atoms with Crippen molar-refractivity contribution in [2.45, 2.75) is 18.9 Å². The number of aromatic carboxylic acids is 1. The highest BCUT2D eigenvalue weighted by Crippen LogP contribution is 2.24. The van der Waals surface area contributed by atoms with E-state index >= 15 is 0 Å². The van der Waals surface area contributed by atoms with Crippen LogP contribution in [0.3, 0.4) is 0 Å². The van der Waals surface area contributed by atoms with Crippen molar-refractivity contribution in [3.05, 3.63) is 23.8 Å². The van der Waals surface area contributed by atoms with Crippen molar-refractivity contribution in [3.8, 4) is 0 Å². The summed E-state index contributed by atoms with van der Waals surface area (Å²) in [5.74, 6) is -1.84. The highest BCUT2D eigenvalue weighted by atomic mass is 16.5. The Balaban J connectivity index is 2.15. The maximum absolute atomic E-state index is 11.4. The minimum Gasteiger partial charge on any atom is -0.476 e. The first-order chi connectivity index (χ1) is 7.16. The molecule has 0 spiro atoms. The van der Waals surface area contributed by atoms with Crippen LogP contribution in [0.15, 0.2) is 12.4 Å². The van der Waals surface area contributed by atoms with E-state index in [4.69, 9.17) is 9.84 Å². The minimum absolute atomic E-state index is 0.0345. The molecule has 0 atom stereocenters. The molecule has 0 radical (unpaired) electrons. The summed E-state index contributed by atoms with van der Waals surface area (Å²) in [7, 11) is 0. The zero-order valence-corrected chi connectivity index (χ0v) is 7.71. The van der Waals surface area contributed by atoms with E-state index in [2.05, 4.69) is 9.97 Å². The number of esters is 1. The predicted octanol–water partition coefficient (Wildman–Crippen LogP) is 0.494. The van der Waals surface area contributed by atoms with Gasteiger partial charge in [0.05, 0.1) is 12.4 Å². The average molecular weight is 208 g/mol. The van der Waals surface area contributed by atoms with Gasteiger partial charge in [-0.05, 0) is 12.8 Å². The van der Waals surface area contributed by atoms with E-state index in [1.54, 1.807) is 0 Å². The van der Waals surface area contributed by atoms with Crippen molar-refractivity contribution in [1.82, 2.24) is 9.97 Å². The fourth-order valence-corrected chi connectivity index (χ4v) is 0.965. The van der Waals surface area contributed by atoms with E-state index in [-0.39, 0.29) is 17.5 Å². The Bertz CT molecular complexity index is 414. The number of ether oxygens (including phenoxy) is 1. The minimum atomic E-state index is -1.22. The molecule has 1 aromatic heterocycles. The van der Waals surface area contributed by atoms with Gasteiger partial charge in [0.25, 0.3) is 0 Å². The van der Waals surface area contributed by atoms with Gasteiger partial charge in [-0.3, -0.25) is 4.98 Å². The number of rotatable bonds is 3. The molecule has 6 heteroatoms. The second-order valence-electron chi connectivity index (χ2n) is 3.20. The van der Waals surface area contributed by atoms with Crippen LogP contribution in [0.1, 0.15) is 33.8 Å². The first-order valence-electron chi connectivity index (χ1n) is 4.43. The Labute approximate surface area is 84.9 Å². The maximum Gasteiger partial charge on any atom is 0.358 e. The lowest BCUT2D eigenvalue weighted by molar-refractivity contribution is 0.0464. The fourth-order valence-electron chi connectivity index (χ4n) is 0.965. The summed E-state index contributed by atoms with van der Waals surface area (Å²) in [6.45, 7) is 0. The molecule has 6 nitrogen and oxygen atoms in total. The van der Waals surface area contributed by atoms with Crippen molar-refractivity contribution >= 4 is 11.9 Å². The molecule has 1 heterocycles. The number of carboxylic acid groups (broad SMARTS) is 1. The first kappa shape index (κ1) is 9.57. The normalized spacial score (nSPS) is 14.7. The predicted molar refractivity (Wildman–Crippen MR) is 47.4 cm³/mol. The standard InChI is InChI=1S/C9H8N2O4/c12-8(13)6-3-10-4-7(11-6)9(14)15-5-1-2-5/h3-5H,1-2H2,(H,12,13). The Morgan fingerprint density at radius 1 is 1.33 bits per heavy atom. The molecule has 0 unspecified atom stereocenters. The monoisotopic (exact) mass is 208 g/mol. The molecule has 0 bridgehead atoms. The summed E-state index contributed by atoms with van der Waals surface area (Å²) < 4.78 is 4.95. The summed E-state index contributed by atoms with van der Waals surface area (Å²) >= 11 is 0. The van der Waals surface area contributed by atoms with E-state index in [0.717, 1.165) is 19.0 Å². The molecule has 78 valence electrons. The Morgan fingerprint density at radius 3 is 2.60 bits per heavy atom. The molecule has 0 aliphatic heterocycles. The number of hydrogen-bond acceptors (Lipinski definition) is 5. The summed E-state index contributed by atoms with van der Waals surface area (Å²) in [6, 6.07) is 0. The van der Waals surface area contributed by atoms with Crippen LogP contribution < -0.4 is 0 Å². The summed E-state index contributed by atoms with van der Waals surface area (Å²) in [4.78, 5) is 29.1. The highest BCUT2D eigenvalue weighted by Gasteiger charge is 2.27. The van der Waals surface area contributed by atoms with Crippen molar-refractivity contribution in [2.24, 2.45) is 0 Å². The van der Waals surface area contributed by atoms with Gasteiger partial charge in [0.1, 0.15) is 6.10 Å². The highest BCUT2D eigenvalue weighted by molar-refractivity contribution is 5.90. The molecule has 0 saturated heterocycles. The second-order valence-corrected chi connectivity index (χ2v) is 3.20. The zero-order valence-electron chi connectivity index (χ0n) is 7.71. The Kier molecular flexibility index (Phi) is 2.32. The average Bonchev–Trinajstić information content (AvgIpc) is 3.02. The van der Waals surface area contributed by atoms with Gasteiger partial charge in [0, 0.05) is 0 Å². The van der Waals surface area contributed by atoms with Gasteiger partial charge in [-0.15, -0.1) is 0 Å². The lowest BCUT2D eigenvalue weighted by atomic mass is 10.4. The molecule has 1 aliphatic carbocycles. The third-order valence-electron chi connectivity index (χ3n) is 1.86. The van der Waals surface area contributed by atoms with Crippen molar-refractivity contribution in [1.29, 1.82) is 0 Å². The van der Waals surface area contributed by atoms with Crippen LogP contribution in [0, 0.1) is 0 Å². The molecule has 1 fully saturated rings. The van der Waals surface area contributed by atoms with Crippen LogP contribution >= 0.6 is 0 Å². The molecular formula is C9H8N2O4. The van der Waals surface area contributed by atoms with Crippen LogP contribution in [0.5, 0.6) is 0 Å². The quantitative estimate of drug-likeness (QED) is 0.727. The summed E-state index contributed by atoms with van der Waals surface area (Å²) in [5, 5.41) is 8.63. The van der Waals surface area contributed by atoms with E-state index in [1.165, 1.54) is 6.20 Å². The number of carboxylic acids is 1. The Morgan fingerprint density at radius 2 is 2.00 bits per heavy atom. The topological polar surface area (TPSA) is 89.4 Å². The van der Waals surface area contributed by atoms with E-state index < -0.39 is 11.9 Å². The molecule has 1 saturated carbocycles. The largest absolute Gasteiger partial charge is 0.476 e. The third kappa shape index (κ3) is 2.28. The van der Waals surface area contributed by atoms with Gasteiger partial charge in [0.2, 0.25) is 0 Å². The van der Waals surface area contributed by atoms with E-state index in [0.29, 0.717) is 0 Å². The molecule has 1 N–H and O–H groups in total. The summed E-state index contributed by atoms with van der Waals surface area (Å²) in [6.07, 6.45) is 3.95. The number of aromatic nitrogens is 2. The summed E-state index contributed by atoms with van der Waals surface area (Å²) in [5.41, 5.74) is -0.331. The second kappa shape index (κ2) is 3.64. The molecule has 15 heavy (non-hydrogen) atoms. The molecule has 0 amide bonds. The lowest BCUT2D eigenvalue weighted by Crippen LogP contribution is -2.12. The van der Waals surface area contributed by atoms with Gasteiger partial charge < -0.3 is 9.84 Å². The van der Waals surface area contributed by atoms with Gasteiger partial charge in [0.15, 0.2) is 11.4 Å². The molecule has 0 aromatic carbocycles. The molecular weight excluding hydrogens is 200 g/mol. The van der Waals surface area contributed by atoms with Crippen molar-refractivity contribution in [2.75, 3.05) is 0 Å². The van der Waals surface area contributed by atoms with Crippen molar-refractivity contribution < 1.29 is 19.4 Å². The number of carbonyl (C=O) groups is 2. The first-order valence-corrected chi connectivity index (χ1v) is 4.43. The van der Waals surface area contributed by atoms with Crippen LogP contribution in [0.2, 0.25) is 0 Å². The van der Waals surface area contributed by atoms with Crippen LogP contribution in [-0.2, 0) is 4.74 Å². The van der Waals surface area contributed by atoms with Crippen LogP contribution in [-0.4, -0.2) is 33.1 Å². The molecule has 1 aromatic rings. The lowest BCUT2D eigenvalue weighted by Gasteiger charge is -2.01. The van der Waals surface area contributed by atoms with Gasteiger partial charge in [-0.1, -0.05) is 0 Å². The Hall–Kier alpha value is -1.98. The smallest absolute Gasteiger partial charge is 0.358 e. The SMILES string of the molecule is O=C(O)c1cncc(C(=O)OC2CC2)n1. The van der Waals surface area contributed by atoms with Crippen molar-refractivity contribution in [3.63, 3.8) is 0 Å². The van der Waals surface area contributed by atoms with Gasteiger partial charge in [-0.2, -0.15) is 0 Å².